The summed E-state index contributed by atoms with van der Waals surface area (Å²) in [5.74, 6) is 0.408. The second-order valence-corrected chi connectivity index (χ2v) is 8.51. The third kappa shape index (κ3) is 4.46. The molecule has 26 heavy (non-hydrogen) atoms. The molecule has 2 aromatic carbocycles. The van der Waals surface area contributed by atoms with Gasteiger partial charge in [-0.25, -0.2) is 8.42 Å². The number of nitrogens with two attached hydrogens (primary N) is 1. The van der Waals surface area contributed by atoms with Crippen LogP contribution < -0.4 is 5.73 Å². The number of hydrogen-bond acceptors (Lipinski definition) is 5. The van der Waals surface area contributed by atoms with Gasteiger partial charge in [0.05, 0.1) is 9.82 Å². The summed E-state index contributed by atoms with van der Waals surface area (Å²) in [7, 11) is -2.33. The van der Waals surface area contributed by atoms with Crippen molar-refractivity contribution in [3.05, 3.63) is 69.8 Å². The van der Waals surface area contributed by atoms with Crippen molar-refractivity contribution in [1.29, 1.82) is 0 Å². The lowest BCUT2D eigenvalue weighted by atomic mass is 9.99. The third-order valence-corrected chi connectivity index (χ3v) is 6.08. The van der Waals surface area contributed by atoms with Crippen LogP contribution in [0.1, 0.15) is 36.9 Å². The minimum atomic E-state index is -3.78. The Morgan fingerprint density at radius 1 is 1.04 bits per heavy atom. The van der Waals surface area contributed by atoms with Crippen molar-refractivity contribution in [2.24, 2.45) is 5.73 Å². The van der Waals surface area contributed by atoms with Gasteiger partial charge in [-0.3, -0.25) is 10.1 Å². The molecule has 0 radical (unpaired) electrons. The standard InChI is InChI=1S/C18H23N3O4S/c1-13(2)14-4-6-15(7-5-14)18(19)12-20(3)26(24,25)17-10-8-16(9-11-17)21(22)23/h4-11,13,18H,12,19H2,1-3H3. The smallest absolute Gasteiger partial charge is 0.269 e. The molecular weight excluding hydrogens is 354 g/mol. The quantitative estimate of drug-likeness (QED) is 0.589. The highest BCUT2D eigenvalue weighted by molar-refractivity contribution is 7.89. The molecule has 0 saturated carbocycles. The van der Waals surface area contributed by atoms with Gasteiger partial charge in [0.25, 0.3) is 5.69 Å². The lowest BCUT2D eigenvalue weighted by molar-refractivity contribution is -0.384. The number of hydrogen-bond donors (Lipinski definition) is 1. The summed E-state index contributed by atoms with van der Waals surface area (Å²) in [5.41, 5.74) is 8.04. The van der Waals surface area contributed by atoms with Crippen molar-refractivity contribution in [3.63, 3.8) is 0 Å². The van der Waals surface area contributed by atoms with Crippen LogP contribution in [0.3, 0.4) is 0 Å². The zero-order valence-corrected chi connectivity index (χ0v) is 15.8. The Labute approximate surface area is 153 Å². The zero-order valence-electron chi connectivity index (χ0n) is 15.0. The Bertz CT molecular complexity index is 862. The first-order valence-corrected chi connectivity index (χ1v) is 9.63. The van der Waals surface area contributed by atoms with Crippen LogP contribution in [0.15, 0.2) is 53.4 Å². The molecule has 0 spiro atoms. The number of benzene rings is 2. The lowest BCUT2D eigenvalue weighted by Gasteiger charge is -2.22. The average Bonchev–Trinajstić information content (AvgIpc) is 2.61. The Morgan fingerprint density at radius 2 is 1.54 bits per heavy atom. The molecular formula is C18H23N3O4S. The molecule has 0 heterocycles. The number of non-ortho nitro benzene ring substituents is 1. The van der Waals surface area contributed by atoms with Crippen LogP contribution in [0.5, 0.6) is 0 Å². The molecule has 2 aromatic rings. The number of sulfonamides is 1. The van der Waals surface area contributed by atoms with Gasteiger partial charge in [-0.1, -0.05) is 38.1 Å². The van der Waals surface area contributed by atoms with E-state index in [-0.39, 0.29) is 17.1 Å². The molecule has 0 saturated heterocycles. The fourth-order valence-electron chi connectivity index (χ4n) is 2.53. The number of nitrogens with zero attached hydrogens (tertiary/aromatic N) is 2. The van der Waals surface area contributed by atoms with Gasteiger partial charge in [-0.2, -0.15) is 4.31 Å². The van der Waals surface area contributed by atoms with Gasteiger partial charge in [0.1, 0.15) is 0 Å². The summed E-state index contributed by atoms with van der Waals surface area (Å²) in [5, 5.41) is 10.7. The summed E-state index contributed by atoms with van der Waals surface area (Å²) >= 11 is 0. The molecule has 0 aliphatic carbocycles. The topological polar surface area (TPSA) is 107 Å². The number of likely N-dealkylation sites (N-methyl/N-ethyl adjacent to an activating group) is 1. The highest BCUT2D eigenvalue weighted by Gasteiger charge is 2.24. The van der Waals surface area contributed by atoms with E-state index in [2.05, 4.69) is 13.8 Å². The summed E-state index contributed by atoms with van der Waals surface area (Å²) in [4.78, 5) is 10.1. The van der Waals surface area contributed by atoms with Crippen LogP contribution in [0, 0.1) is 10.1 Å². The van der Waals surface area contributed by atoms with E-state index in [9.17, 15) is 18.5 Å². The summed E-state index contributed by atoms with van der Waals surface area (Å²) < 4.78 is 26.4. The third-order valence-electron chi connectivity index (χ3n) is 4.24. The average molecular weight is 377 g/mol. The summed E-state index contributed by atoms with van der Waals surface area (Å²) in [6, 6.07) is 12.1. The highest BCUT2D eigenvalue weighted by atomic mass is 32.2. The fraction of sp³-hybridized carbons (Fsp3) is 0.333. The molecule has 0 fully saturated rings. The highest BCUT2D eigenvalue weighted by Crippen LogP contribution is 2.22. The maximum atomic E-state index is 12.6. The van der Waals surface area contributed by atoms with E-state index >= 15 is 0 Å². The Morgan fingerprint density at radius 3 is 2.00 bits per heavy atom. The molecule has 0 aliphatic rings. The van der Waals surface area contributed by atoms with E-state index in [0.29, 0.717) is 5.92 Å². The summed E-state index contributed by atoms with van der Waals surface area (Å²) in [6.45, 7) is 4.29. The zero-order chi connectivity index (χ0) is 19.5. The van der Waals surface area contributed by atoms with Crippen molar-refractivity contribution >= 4 is 15.7 Å². The molecule has 2 N–H and O–H groups in total. The van der Waals surface area contributed by atoms with Crippen molar-refractivity contribution in [2.75, 3.05) is 13.6 Å². The number of nitro benzene ring substituents is 1. The Balaban J connectivity index is 2.13. The van der Waals surface area contributed by atoms with Crippen LogP contribution in [0.2, 0.25) is 0 Å². The van der Waals surface area contributed by atoms with E-state index in [0.717, 1.165) is 9.87 Å². The SMILES string of the molecule is CC(C)c1ccc(C(N)CN(C)S(=O)(=O)c2ccc([N+](=O)[O-])cc2)cc1. The molecule has 1 unspecified atom stereocenters. The van der Waals surface area contributed by atoms with Gasteiger partial charge in [0.15, 0.2) is 0 Å². The fourth-order valence-corrected chi connectivity index (χ4v) is 3.73. The first-order chi connectivity index (χ1) is 12.1. The monoisotopic (exact) mass is 377 g/mol. The number of nitro groups is 1. The van der Waals surface area contributed by atoms with Gasteiger partial charge >= 0.3 is 0 Å². The normalized spacial score (nSPS) is 13.2. The molecule has 7 nitrogen and oxygen atoms in total. The minimum absolute atomic E-state index is 0.00652. The van der Waals surface area contributed by atoms with Gasteiger partial charge < -0.3 is 5.73 Å². The van der Waals surface area contributed by atoms with Crippen LogP contribution >= 0.6 is 0 Å². The van der Waals surface area contributed by atoms with Crippen LogP contribution in [-0.2, 0) is 10.0 Å². The first-order valence-electron chi connectivity index (χ1n) is 8.19. The maximum absolute atomic E-state index is 12.6. The van der Waals surface area contributed by atoms with E-state index in [4.69, 9.17) is 5.73 Å². The molecule has 0 aromatic heterocycles. The van der Waals surface area contributed by atoms with Crippen LogP contribution in [-0.4, -0.2) is 31.2 Å². The molecule has 140 valence electrons. The molecule has 8 heteroatoms. The molecule has 2 rings (SSSR count). The largest absolute Gasteiger partial charge is 0.323 e. The predicted octanol–water partition coefficient (Wildman–Crippen LogP) is 3.04. The van der Waals surface area contributed by atoms with Gasteiger partial charge in [-0.15, -0.1) is 0 Å². The van der Waals surface area contributed by atoms with E-state index in [1.807, 2.05) is 24.3 Å². The van der Waals surface area contributed by atoms with E-state index < -0.39 is 21.0 Å². The first kappa shape index (κ1) is 20.0. The molecule has 0 aliphatic heterocycles. The van der Waals surface area contributed by atoms with Gasteiger partial charge in [0.2, 0.25) is 10.0 Å². The van der Waals surface area contributed by atoms with Gasteiger partial charge in [0, 0.05) is 31.8 Å². The number of rotatable bonds is 7. The molecule has 1 atom stereocenters. The van der Waals surface area contributed by atoms with E-state index in [1.54, 1.807) is 0 Å². The van der Waals surface area contributed by atoms with Crippen molar-refractivity contribution in [1.82, 2.24) is 4.31 Å². The molecule has 0 amide bonds. The van der Waals surface area contributed by atoms with Gasteiger partial charge in [-0.05, 0) is 29.2 Å². The van der Waals surface area contributed by atoms with E-state index in [1.165, 1.54) is 36.9 Å². The summed E-state index contributed by atoms with van der Waals surface area (Å²) in [6.07, 6.45) is 0. The van der Waals surface area contributed by atoms with Crippen molar-refractivity contribution in [2.45, 2.75) is 30.7 Å². The minimum Gasteiger partial charge on any atom is -0.323 e. The second-order valence-electron chi connectivity index (χ2n) is 6.46. The van der Waals surface area contributed by atoms with Crippen LogP contribution in [0.4, 0.5) is 5.69 Å². The Hall–Kier alpha value is -2.29. The van der Waals surface area contributed by atoms with Crippen LogP contribution in [0.25, 0.3) is 0 Å². The predicted molar refractivity (Wildman–Crippen MR) is 100 cm³/mol. The lowest BCUT2D eigenvalue weighted by Crippen LogP contribution is -2.34. The maximum Gasteiger partial charge on any atom is 0.269 e. The molecule has 0 bridgehead atoms. The van der Waals surface area contributed by atoms with Crippen molar-refractivity contribution in [3.8, 4) is 0 Å². The van der Waals surface area contributed by atoms with Crippen molar-refractivity contribution < 1.29 is 13.3 Å². The Kier molecular flexibility index (Phi) is 6.12. The second kappa shape index (κ2) is 7.94.